The van der Waals surface area contributed by atoms with Crippen molar-refractivity contribution in [2.45, 2.75) is 52.6 Å². The Balaban J connectivity index is 2.16. The summed E-state index contributed by atoms with van der Waals surface area (Å²) in [5.74, 6) is 1.43. The molecule has 0 saturated carbocycles. The van der Waals surface area contributed by atoms with Crippen LogP contribution in [0.15, 0.2) is 12.3 Å². The summed E-state index contributed by atoms with van der Waals surface area (Å²) in [6.07, 6.45) is 3.74. The number of aromatic nitrogens is 1. The lowest BCUT2D eigenvalue weighted by molar-refractivity contribution is 0.423. The zero-order chi connectivity index (χ0) is 14.8. The Morgan fingerprint density at radius 1 is 1.45 bits per heavy atom. The smallest absolute Gasteiger partial charge is 0.141 e. The van der Waals surface area contributed by atoms with Crippen LogP contribution in [0.2, 0.25) is 0 Å². The molecule has 1 atom stereocenters. The van der Waals surface area contributed by atoms with Gasteiger partial charge in [0.15, 0.2) is 0 Å². The highest BCUT2D eigenvalue weighted by Gasteiger charge is 2.24. The lowest BCUT2D eigenvalue weighted by Gasteiger charge is -2.24. The maximum Gasteiger partial charge on any atom is 0.141 e. The van der Waals surface area contributed by atoms with Gasteiger partial charge in [0.2, 0.25) is 0 Å². The number of halogens is 1. The molecule has 0 amide bonds. The van der Waals surface area contributed by atoms with Crippen LogP contribution in [0.1, 0.15) is 46.1 Å². The molecule has 1 aliphatic heterocycles. The number of pyridine rings is 1. The second-order valence-electron chi connectivity index (χ2n) is 6.75. The van der Waals surface area contributed by atoms with Gasteiger partial charge in [0.1, 0.15) is 11.6 Å². The zero-order valence-electron chi connectivity index (χ0n) is 13.0. The van der Waals surface area contributed by atoms with E-state index >= 15 is 0 Å². The SMILES string of the molecule is CCC1CCN(c2ncc(F)cc2CNC(C)(C)C)C1. The van der Waals surface area contributed by atoms with E-state index in [1.807, 2.05) is 0 Å². The molecule has 0 bridgehead atoms. The summed E-state index contributed by atoms with van der Waals surface area (Å²) < 4.78 is 13.5. The Hall–Kier alpha value is -1.16. The van der Waals surface area contributed by atoms with Gasteiger partial charge in [-0.3, -0.25) is 0 Å². The molecule has 0 aromatic carbocycles. The molecule has 4 heteroatoms. The molecule has 0 radical (unpaired) electrons. The Morgan fingerprint density at radius 3 is 2.80 bits per heavy atom. The summed E-state index contributed by atoms with van der Waals surface area (Å²) in [5.41, 5.74) is 0.970. The molecule has 1 N–H and O–H groups in total. The van der Waals surface area contributed by atoms with E-state index in [-0.39, 0.29) is 11.4 Å². The van der Waals surface area contributed by atoms with E-state index in [1.165, 1.54) is 19.0 Å². The number of nitrogens with one attached hydrogen (secondary N) is 1. The summed E-state index contributed by atoms with van der Waals surface area (Å²) in [4.78, 5) is 6.64. The predicted molar refractivity (Wildman–Crippen MR) is 81.4 cm³/mol. The quantitative estimate of drug-likeness (QED) is 0.916. The van der Waals surface area contributed by atoms with Gasteiger partial charge in [-0.1, -0.05) is 13.3 Å². The normalized spacial score (nSPS) is 19.6. The Bertz CT molecular complexity index is 454. The molecule has 2 rings (SSSR count). The lowest BCUT2D eigenvalue weighted by atomic mass is 10.1. The standard InChI is InChI=1S/C16H26FN3/c1-5-12-6-7-20(11-12)15-13(8-14(17)10-18-15)9-19-16(2,3)4/h8,10,12,19H,5-7,9,11H2,1-4H3. The van der Waals surface area contributed by atoms with Crippen molar-refractivity contribution in [1.82, 2.24) is 10.3 Å². The molecule has 112 valence electrons. The average molecular weight is 279 g/mol. The van der Waals surface area contributed by atoms with E-state index in [4.69, 9.17) is 0 Å². The first-order valence-corrected chi connectivity index (χ1v) is 7.53. The van der Waals surface area contributed by atoms with Crippen molar-refractivity contribution in [3.8, 4) is 0 Å². The molecule has 1 fully saturated rings. The van der Waals surface area contributed by atoms with Gasteiger partial charge in [-0.2, -0.15) is 0 Å². The first-order chi connectivity index (χ1) is 9.39. The molecule has 1 unspecified atom stereocenters. The van der Waals surface area contributed by atoms with E-state index in [0.29, 0.717) is 6.54 Å². The molecule has 0 spiro atoms. The highest BCUT2D eigenvalue weighted by atomic mass is 19.1. The van der Waals surface area contributed by atoms with Crippen molar-refractivity contribution in [2.24, 2.45) is 5.92 Å². The van der Waals surface area contributed by atoms with Gasteiger partial charge in [0, 0.05) is 30.7 Å². The topological polar surface area (TPSA) is 28.2 Å². The third kappa shape index (κ3) is 3.92. The van der Waals surface area contributed by atoms with Gasteiger partial charge in [-0.15, -0.1) is 0 Å². The first kappa shape index (κ1) is 15.2. The summed E-state index contributed by atoms with van der Waals surface area (Å²) in [5, 5.41) is 3.42. The van der Waals surface area contributed by atoms with Crippen molar-refractivity contribution in [1.29, 1.82) is 0 Å². The van der Waals surface area contributed by atoms with Crippen molar-refractivity contribution in [3.05, 3.63) is 23.6 Å². The van der Waals surface area contributed by atoms with Gasteiger partial charge in [0.05, 0.1) is 6.20 Å². The molecule has 20 heavy (non-hydrogen) atoms. The summed E-state index contributed by atoms with van der Waals surface area (Å²) >= 11 is 0. The van der Waals surface area contributed by atoms with Crippen molar-refractivity contribution >= 4 is 5.82 Å². The minimum absolute atomic E-state index is 0.0144. The van der Waals surface area contributed by atoms with Crippen molar-refractivity contribution < 1.29 is 4.39 Å². The largest absolute Gasteiger partial charge is 0.356 e. The summed E-state index contributed by atoms with van der Waals surface area (Å²) in [6.45, 7) is 11.3. The lowest BCUT2D eigenvalue weighted by Crippen LogP contribution is -2.36. The second-order valence-corrected chi connectivity index (χ2v) is 6.75. The van der Waals surface area contributed by atoms with Gasteiger partial charge in [-0.05, 0) is 39.2 Å². The van der Waals surface area contributed by atoms with Gasteiger partial charge >= 0.3 is 0 Å². The zero-order valence-corrected chi connectivity index (χ0v) is 13.0. The van der Waals surface area contributed by atoms with Crippen LogP contribution >= 0.6 is 0 Å². The van der Waals surface area contributed by atoms with Crippen LogP contribution in [0.25, 0.3) is 0 Å². The maximum absolute atomic E-state index is 13.5. The highest BCUT2D eigenvalue weighted by Crippen LogP contribution is 2.27. The Morgan fingerprint density at radius 2 is 2.20 bits per heavy atom. The number of hydrogen-bond acceptors (Lipinski definition) is 3. The molecule has 2 heterocycles. The molecule has 0 aliphatic carbocycles. The van der Waals surface area contributed by atoms with Crippen molar-refractivity contribution in [2.75, 3.05) is 18.0 Å². The minimum Gasteiger partial charge on any atom is -0.356 e. The summed E-state index contributed by atoms with van der Waals surface area (Å²) in [6, 6.07) is 1.61. The third-order valence-electron chi connectivity index (χ3n) is 3.88. The van der Waals surface area contributed by atoms with Crippen LogP contribution in [0, 0.1) is 11.7 Å². The second kappa shape index (κ2) is 6.08. The maximum atomic E-state index is 13.5. The van der Waals surface area contributed by atoms with Crippen LogP contribution in [0.3, 0.4) is 0 Å². The molecular weight excluding hydrogens is 253 g/mol. The van der Waals surface area contributed by atoms with E-state index in [2.05, 4.69) is 42.9 Å². The third-order valence-corrected chi connectivity index (χ3v) is 3.88. The van der Waals surface area contributed by atoms with Gasteiger partial charge in [-0.25, -0.2) is 9.37 Å². The number of rotatable bonds is 4. The number of anilines is 1. The van der Waals surface area contributed by atoms with Crippen LogP contribution < -0.4 is 10.2 Å². The Labute approximate surface area is 121 Å². The van der Waals surface area contributed by atoms with Crippen LogP contribution in [-0.4, -0.2) is 23.6 Å². The molecule has 1 aromatic heterocycles. The van der Waals surface area contributed by atoms with Crippen LogP contribution in [0.4, 0.5) is 10.2 Å². The number of nitrogens with zero attached hydrogens (tertiary/aromatic N) is 2. The molecule has 1 aromatic rings. The molecule has 1 saturated heterocycles. The first-order valence-electron chi connectivity index (χ1n) is 7.53. The van der Waals surface area contributed by atoms with E-state index in [0.717, 1.165) is 30.4 Å². The number of hydrogen-bond donors (Lipinski definition) is 1. The fourth-order valence-electron chi connectivity index (χ4n) is 2.61. The van der Waals surface area contributed by atoms with Crippen molar-refractivity contribution in [3.63, 3.8) is 0 Å². The van der Waals surface area contributed by atoms with Gasteiger partial charge < -0.3 is 10.2 Å². The fourth-order valence-corrected chi connectivity index (χ4v) is 2.61. The monoisotopic (exact) mass is 279 g/mol. The van der Waals surface area contributed by atoms with E-state index in [1.54, 1.807) is 6.07 Å². The van der Waals surface area contributed by atoms with E-state index < -0.39 is 0 Å². The van der Waals surface area contributed by atoms with Gasteiger partial charge in [0.25, 0.3) is 0 Å². The van der Waals surface area contributed by atoms with E-state index in [9.17, 15) is 4.39 Å². The van der Waals surface area contributed by atoms with Crippen LogP contribution in [0.5, 0.6) is 0 Å². The predicted octanol–water partition coefficient (Wildman–Crippen LogP) is 3.35. The average Bonchev–Trinajstić information content (AvgIpc) is 2.84. The summed E-state index contributed by atoms with van der Waals surface area (Å²) in [7, 11) is 0. The van der Waals surface area contributed by atoms with Crippen LogP contribution in [-0.2, 0) is 6.54 Å². The fraction of sp³-hybridized carbons (Fsp3) is 0.688. The minimum atomic E-state index is -0.259. The molecular formula is C16H26FN3. The molecule has 3 nitrogen and oxygen atoms in total. The highest BCUT2D eigenvalue weighted by molar-refractivity contribution is 5.48. The molecule has 1 aliphatic rings. The Kier molecular flexibility index (Phi) is 4.63.